The van der Waals surface area contributed by atoms with Gasteiger partial charge >= 0.3 is 11.8 Å². The molecule has 0 aliphatic carbocycles. The zero-order chi connectivity index (χ0) is 19.2. The Kier molecular flexibility index (Phi) is 5.90. The third-order valence-corrected chi connectivity index (χ3v) is 4.89. The van der Waals surface area contributed by atoms with E-state index in [1.165, 1.54) is 24.7 Å². The molecule has 3 N–H and O–H groups in total. The first-order chi connectivity index (χ1) is 13.1. The van der Waals surface area contributed by atoms with Crippen LogP contribution in [0.4, 0.5) is 5.69 Å². The van der Waals surface area contributed by atoms with Crippen molar-refractivity contribution in [3.8, 4) is 5.75 Å². The minimum atomic E-state index is -0.858. The Morgan fingerprint density at radius 2 is 1.96 bits per heavy atom. The van der Waals surface area contributed by atoms with Crippen molar-refractivity contribution in [3.05, 3.63) is 70.3 Å². The third-order valence-electron chi connectivity index (χ3n) is 3.75. The van der Waals surface area contributed by atoms with E-state index in [1.807, 2.05) is 0 Å². The van der Waals surface area contributed by atoms with Crippen LogP contribution in [0.5, 0.6) is 5.75 Å². The molecule has 8 heteroatoms. The molecule has 0 radical (unpaired) electrons. The second-order valence-electron chi connectivity index (χ2n) is 5.56. The zero-order valence-corrected chi connectivity index (χ0v) is 15.3. The van der Waals surface area contributed by atoms with Crippen LogP contribution in [0, 0.1) is 0 Å². The number of hydrogen-bond acceptors (Lipinski definition) is 6. The van der Waals surface area contributed by atoms with E-state index in [1.54, 1.807) is 48.5 Å². The van der Waals surface area contributed by atoms with Crippen molar-refractivity contribution in [2.75, 3.05) is 12.4 Å². The van der Waals surface area contributed by atoms with Crippen LogP contribution in [0.1, 0.15) is 21.6 Å². The van der Waals surface area contributed by atoms with E-state index in [0.29, 0.717) is 22.1 Å². The fraction of sp³-hybridized carbons (Fsp3) is 0.158. The van der Waals surface area contributed by atoms with Gasteiger partial charge in [-0.1, -0.05) is 12.1 Å². The van der Waals surface area contributed by atoms with Gasteiger partial charge in [-0.2, -0.15) is 0 Å². The largest absolute Gasteiger partial charge is 0.495 e. The molecule has 3 aromatic rings. The van der Waals surface area contributed by atoms with Crippen LogP contribution in [0.2, 0.25) is 0 Å². The van der Waals surface area contributed by atoms with E-state index in [0.717, 1.165) is 4.88 Å². The summed E-state index contributed by atoms with van der Waals surface area (Å²) in [5, 5.41) is 15.3. The summed E-state index contributed by atoms with van der Waals surface area (Å²) in [6.07, 6.45) is 0.636. The molecule has 0 aliphatic heterocycles. The highest BCUT2D eigenvalue weighted by atomic mass is 32.1. The first-order valence-electron chi connectivity index (χ1n) is 8.10. The summed E-state index contributed by atoms with van der Waals surface area (Å²) in [4.78, 5) is 25.6. The molecule has 2 aromatic heterocycles. The van der Waals surface area contributed by atoms with Crippen LogP contribution in [-0.2, 0) is 16.1 Å². The molecule has 3 rings (SSSR count). The smallest absolute Gasteiger partial charge is 0.313 e. The molecule has 0 unspecified atom stereocenters. The van der Waals surface area contributed by atoms with Crippen molar-refractivity contribution < 1.29 is 23.8 Å². The first-order valence-corrected chi connectivity index (χ1v) is 8.92. The Balaban J connectivity index is 1.55. The number of para-hydroxylation sites is 2. The highest BCUT2D eigenvalue weighted by Gasteiger charge is 2.18. The summed E-state index contributed by atoms with van der Waals surface area (Å²) >= 11 is 1.33. The first kappa shape index (κ1) is 18.7. The van der Waals surface area contributed by atoms with Gasteiger partial charge in [0.05, 0.1) is 25.6 Å². The Hall–Kier alpha value is -3.10. The SMILES string of the molecule is COc1ccccc1NC(=O)C(=O)NCc1ccc([C@H](O)c2ccco2)s1. The van der Waals surface area contributed by atoms with Crippen LogP contribution in [0.25, 0.3) is 0 Å². The van der Waals surface area contributed by atoms with Gasteiger partial charge < -0.3 is 24.9 Å². The molecule has 7 nitrogen and oxygen atoms in total. The lowest BCUT2D eigenvalue weighted by Crippen LogP contribution is -2.34. The monoisotopic (exact) mass is 386 g/mol. The maximum absolute atomic E-state index is 12.0. The van der Waals surface area contributed by atoms with Crippen LogP contribution < -0.4 is 15.4 Å². The van der Waals surface area contributed by atoms with Crippen LogP contribution in [0.15, 0.2) is 59.2 Å². The number of anilines is 1. The van der Waals surface area contributed by atoms with Crippen LogP contribution in [0.3, 0.4) is 0 Å². The number of furan rings is 1. The van der Waals surface area contributed by atoms with Gasteiger partial charge in [-0.05, 0) is 36.4 Å². The number of amides is 2. The fourth-order valence-corrected chi connectivity index (χ4v) is 3.35. The summed E-state index contributed by atoms with van der Waals surface area (Å²) < 4.78 is 10.3. The number of hydrogen-bond donors (Lipinski definition) is 3. The second-order valence-corrected chi connectivity index (χ2v) is 6.76. The summed E-state index contributed by atoms with van der Waals surface area (Å²) in [7, 11) is 1.48. The Bertz CT molecular complexity index is 920. The molecular weight excluding hydrogens is 368 g/mol. The van der Waals surface area contributed by atoms with Gasteiger partial charge in [0.1, 0.15) is 17.6 Å². The summed E-state index contributed by atoms with van der Waals surface area (Å²) in [5.41, 5.74) is 0.417. The van der Waals surface area contributed by atoms with E-state index in [-0.39, 0.29) is 6.54 Å². The quantitative estimate of drug-likeness (QED) is 0.566. The summed E-state index contributed by atoms with van der Waals surface area (Å²) in [6.45, 7) is 0.174. The standard InChI is InChI=1S/C19H18N2O5S/c1-25-14-6-3-2-5-13(14)21-19(24)18(23)20-11-12-8-9-16(27-12)17(22)15-7-4-10-26-15/h2-10,17,22H,11H2,1H3,(H,20,23)(H,21,24)/t17-/m1/s1. The number of aliphatic hydroxyl groups is 1. The molecule has 1 atom stereocenters. The van der Waals surface area contributed by atoms with Gasteiger partial charge in [0, 0.05) is 9.75 Å². The average Bonchev–Trinajstić information content (AvgIpc) is 3.38. The molecule has 1 aromatic carbocycles. The fourth-order valence-electron chi connectivity index (χ4n) is 2.40. The summed E-state index contributed by atoms with van der Waals surface area (Å²) in [6, 6.07) is 13.8. The number of ether oxygens (including phenoxy) is 1. The molecule has 0 spiro atoms. The minimum absolute atomic E-state index is 0.174. The lowest BCUT2D eigenvalue weighted by atomic mass is 10.2. The normalized spacial score (nSPS) is 11.6. The number of carbonyl (C=O) groups is 2. The van der Waals surface area contributed by atoms with Crippen molar-refractivity contribution in [2.24, 2.45) is 0 Å². The average molecular weight is 386 g/mol. The van der Waals surface area contributed by atoms with Crippen LogP contribution >= 0.6 is 11.3 Å². The lowest BCUT2D eigenvalue weighted by Gasteiger charge is -2.09. The van der Waals surface area contributed by atoms with Crippen molar-refractivity contribution >= 4 is 28.8 Å². The van der Waals surface area contributed by atoms with Gasteiger partial charge in [-0.25, -0.2) is 0 Å². The molecule has 0 aliphatic rings. The van der Waals surface area contributed by atoms with Gasteiger partial charge in [-0.15, -0.1) is 11.3 Å². The van der Waals surface area contributed by atoms with Crippen molar-refractivity contribution in [2.45, 2.75) is 12.6 Å². The molecule has 0 bridgehead atoms. The number of thiophene rings is 1. The molecule has 2 amide bonds. The molecule has 0 fully saturated rings. The van der Waals surface area contributed by atoms with E-state index >= 15 is 0 Å². The number of nitrogens with one attached hydrogen (secondary N) is 2. The number of benzene rings is 1. The molecule has 0 saturated heterocycles. The number of methoxy groups -OCH3 is 1. The van der Waals surface area contributed by atoms with E-state index in [9.17, 15) is 14.7 Å². The van der Waals surface area contributed by atoms with Gasteiger partial charge in [0.2, 0.25) is 0 Å². The number of carbonyl (C=O) groups excluding carboxylic acids is 2. The molecule has 2 heterocycles. The van der Waals surface area contributed by atoms with Crippen molar-refractivity contribution in [1.29, 1.82) is 0 Å². The van der Waals surface area contributed by atoms with Crippen LogP contribution in [-0.4, -0.2) is 24.0 Å². The minimum Gasteiger partial charge on any atom is -0.495 e. The molecular formula is C19H18N2O5S. The lowest BCUT2D eigenvalue weighted by molar-refractivity contribution is -0.136. The topological polar surface area (TPSA) is 101 Å². The predicted molar refractivity (Wildman–Crippen MR) is 101 cm³/mol. The van der Waals surface area contributed by atoms with Gasteiger partial charge in [-0.3, -0.25) is 9.59 Å². The molecule has 140 valence electrons. The van der Waals surface area contributed by atoms with Crippen molar-refractivity contribution in [3.63, 3.8) is 0 Å². The highest BCUT2D eigenvalue weighted by molar-refractivity contribution is 7.12. The third kappa shape index (κ3) is 4.55. The Labute approximate surface area is 159 Å². The Morgan fingerprint density at radius 1 is 1.15 bits per heavy atom. The number of aliphatic hydroxyl groups excluding tert-OH is 1. The molecule has 27 heavy (non-hydrogen) atoms. The van der Waals surface area contributed by atoms with Crippen molar-refractivity contribution in [1.82, 2.24) is 5.32 Å². The second kappa shape index (κ2) is 8.52. The van der Waals surface area contributed by atoms with E-state index < -0.39 is 17.9 Å². The Morgan fingerprint density at radius 3 is 2.70 bits per heavy atom. The van der Waals surface area contributed by atoms with Gasteiger partial charge in [0.15, 0.2) is 0 Å². The zero-order valence-electron chi connectivity index (χ0n) is 14.5. The molecule has 0 saturated carbocycles. The van der Waals surface area contributed by atoms with E-state index in [2.05, 4.69) is 10.6 Å². The summed E-state index contributed by atoms with van der Waals surface area (Å²) in [5.74, 6) is -0.633. The maximum atomic E-state index is 12.0. The maximum Gasteiger partial charge on any atom is 0.313 e. The predicted octanol–water partition coefficient (Wildman–Crippen LogP) is 2.69. The number of rotatable bonds is 6. The highest BCUT2D eigenvalue weighted by Crippen LogP contribution is 2.28. The van der Waals surface area contributed by atoms with E-state index in [4.69, 9.17) is 9.15 Å². The van der Waals surface area contributed by atoms with Gasteiger partial charge in [0.25, 0.3) is 0 Å².